The van der Waals surface area contributed by atoms with Crippen molar-refractivity contribution in [2.45, 2.75) is 41.5 Å². The molecule has 0 bridgehead atoms. The maximum atomic E-state index is 6.29. The van der Waals surface area contributed by atoms with E-state index in [-0.39, 0.29) is 0 Å². The van der Waals surface area contributed by atoms with Crippen LogP contribution in [0.3, 0.4) is 0 Å². The first-order valence-corrected chi connectivity index (χ1v) is 14.4. The molecule has 0 fully saturated rings. The zero-order valence-corrected chi connectivity index (χ0v) is 20.7. The summed E-state index contributed by atoms with van der Waals surface area (Å²) in [7, 11) is -9.47. The molecular weight excluding hydrogens is 435 g/mol. The molecule has 1 aliphatic rings. The minimum Gasteiger partial charge on any atom is -0.422 e. The van der Waals surface area contributed by atoms with E-state index in [4.69, 9.17) is 40.7 Å². The molecule has 1 heterocycles. The average Bonchev–Trinajstić information content (AvgIpc) is 2.62. The fourth-order valence-electron chi connectivity index (χ4n) is 2.53. The molecule has 0 saturated carbocycles. The minimum absolute atomic E-state index is 0.336. The van der Waals surface area contributed by atoms with Gasteiger partial charge >= 0.3 is 23.0 Å². The highest BCUT2D eigenvalue weighted by atomic mass is 31.3. The van der Waals surface area contributed by atoms with Gasteiger partial charge in [-0.15, -0.1) is 13.5 Å². The van der Waals surface area contributed by atoms with Crippen LogP contribution in [0.1, 0.15) is 40.2 Å². The van der Waals surface area contributed by atoms with E-state index in [0.29, 0.717) is 38.8 Å². The summed E-state index contributed by atoms with van der Waals surface area (Å²) >= 11 is 0. The Labute approximate surface area is 174 Å². The molecule has 12 heteroatoms. The van der Waals surface area contributed by atoms with Crippen LogP contribution in [0, 0.1) is 6.92 Å². The van der Waals surface area contributed by atoms with E-state index < -0.39 is 23.0 Å². The minimum atomic E-state index is -3.24. The number of aryl methyl sites for hydroxylation is 1. The van der Waals surface area contributed by atoms with E-state index in [1.54, 1.807) is 0 Å². The Balaban J connectivity index is 2.77. The van der Waals surface area contributed by atoms with Crippen LogP contribution in [0.4, 0.5) is 0 Å². The van der Waals surface area contributed by atoms with Gasteiger partial charge in [-0.1, -0.05) is 12.1 Å². The van der Waals surface area contributed by atoms with Crippen LogP contribution in [0.5, 0.6) is 5.75 Å². The first-order valence-electron chi connectivity index (χ1n) is 9.80. The molecule has 1 aromatic carbocycles. The number of hydrogen-bond acceptors (Lipinski definition) is 9. The van der Waals surface area contributed by atoms with E-state index in [2.05, 4.69) is 0 Å². The summed E-state index contributed by atoms with van der Waals surface area (Å²) in [5.74, 6) is 0.596. The molecule has 0 radical (unpaired) electrons. The second-order valence-electron chi connectivity index (χ2n) is 5.74. The van der Waals surface area contributed by atoms with Crippen molar-refractivity contribution in [1.29, 1.82) is 0 Å². The monoisotopic (exact) mass is 467 g/mol. The van der Waals surface area contributed by atoms with E-state index in [1.807, 2.05) is 65.8 Å². The summed E-state index contributed by atoms with van der Waals surface area (Å²) in [5, 5.41) is 0. The van der Waals surface area contributed by atoms with Crippen molar-refractivity contribution in [3.05, 3.63) is 29.8 Å². The van der Waals surface area contributed by atoms with Gasteiger partial charge in [-0.3, -0.25) is 4.52 Å². The molecular formula is C17H32N3O6P3. The maximum Gasteiger partial charge on any atom is 0.402 e. The van der Waals surface area contributed by atoms with Crippen LogP contribution in [0.15, 0.2) is 37.8 Å². The predicted molar refractivity (Wildman–Crippen MR) is 118 cm³/mol. The van der Waals surface area contributed by atoms with Gasteiger partial charge in [-0.05, 0) is 59.2 Å². The molecule has 1 aliphatic heterocycles. The number of hydrogen-bond donors (Lipinski definition) is 0. The van der Waals surface area contributed by atoms with E-state index >= 15 is 0 Å². The third-order valence-electron chi connectivity index (χ3n) is 3.38. The zero-order chi connectivity index (χ0) is 21.4. The number of rotatable bonds is 12. The highest BCUT2D eigenvalue weighted by Crippen LogP contribution is 2.80. The molecule has 0 aliphatic carbocycles. The van der Waals surface area contributed by atoms with Crippen molar-refractivity contribution in [1.82, 2.24) is 0 Å². The lowest BCUT2D eigenvalue weighted by atomic mass is 10.2. The standard InChI is InChI=1S/C17H32N3O6P3/c1-7-21-27(22-8-2)18-28(23-9-3,24-10-4)20-29(19-27,25-11-5)26-17-14-12-13-16(6)15-17/h12-15H,7-11H2,1-6H3. The van der Waals surface area contributed by atoms with Crippen LogP contribution < -0.4 is 4.52 Å². The Morgan fingerprint density at radius 1 is 0.655 bits per heavy atom. The van der Waals surface area contributed by atoms with E-state index in [1.165, 1.54) is 0 Å². The SMILES string of the molecule is CCOP1(OCC)=NP(OCC)(OCC)=NP(OCC)(Oc2cccc(C)c2)=N1. The van der Waals surface area contributed by atoms with Crippen LogP contribution >= 0.6 is 23.0 Å². The van der Waals surface area contributed by atoms with Crippen molar-refractivity contribution in [2.24, 2.45) is 13.5 Å². The average molecular weight is 467 g/mol. The van der Waals surface area contributed by atoms with Crippen LogP contribution in [-0.4, -0.2) is 33.0 Å². The number of benzene rings is 1. The third-order valence-corrected chi connectivity index (χ3v) is 12.2. The molecule has 9 nitrogen and oxygen atoms in total. The Kier molecular flexibility index (Phi) is 9.59. The fraction of sp³-hybridized carbons (Fsp3) is 0.647. The van der Waals surface area contributed by atoms with Crippen molar-refractivity contribution in [2.75, 3.05) is 33.0 Å². The van der Waals surface area contributed by atoms with Crippen LogP contribution in [0.25, 0.3) is 0 Å². The smallest absolute Gasteiger partial charge is 0.402 e. The summed E-state index contributed by atoms with van der Waals surface area (Å²) in [5.41, 5.74) is 1.05. The largest absolute Gasteiger partial charge is 0.422 e. The summed E-state index contributed by atoms with van der Waals surface area (Å²) in [6.45, 7) is 13.1. The Hall–Kier alpha value is -0.490. The van der Waals surface area contributed by atoms with Gasteiger partial charge in [-0.25, -0.2) is 0 Å². The predicted octanol–water partition coefficient (Wildman–Crippen LogP) is 7.41. The molecule has 1 atom stereocenters. The quantitative estimate of drug-likeness (QED) is 0.297. The molecule has 0 aromatic heterocycles. The van der Waals surface area contributed by atoms with Crippen molar-refractivity contribution in [3.8, 4) is 5.75 Å². The van der Waals surface area contributed by atoms with Crippen LogP contribution in [-0.2, 0) is 22.6 Å². The second kappa shape index (κ2) is 11.2. The Bertz CT molecular complexity index is 810. The third kappa shape index (κ3) is 6.49. The summed E-state index contributed by atoms with van der Waals surface area (Å²) < 4.78 is 50.4. The van der Waals surface area contributed by atoms with Crippen molar-refractivity contribution >= 4 is 23.0 Å². The molecule has 166 valence electrons. The normalized spacial score (nSPS) is 22.3. The van der Waals surface area contributed by atoms with Gasteiger partial charge < -0.3 is 22.6 Å². The van der Waals surface area contributed by atoms with Gasteiger partial charge in [0.05, 0.1) is 33.0 Å². The molecule has 1 aromatic rings. The maximum absolute atomic E-state index is 6.29. The van der Waals surface area contributed by atoms with Gasteiger partial charge in [0.1, 0.15) is 5.75 Å². The summed E-state index contributed by atoms with van der Waals surface area (Å²) in [6, 6.07) is 7.63. The highest BCUT2D eigenvalue weighted by molar-refractivity contribution is 7.78. The molecule has 29 heavy (non-hydrogen) atoms. The molecule has 1 unspecified atom stereocenters. The van der Waals surface area contributed by atoms with E-state index in [0.717, 1.165) is 5.56 Å². The highest BCUT2D eigenvalue weighted by Gasteiger charge is 2.43. The lowest BCUT2D eigenvalue weighted by Crippen LogP contribution is -2.06. The second-order valence-corrected chi connectivity index (χ2v) is 12.3. The molecule has 0 saturated heterocycles. The Morgan fingerprint density at radius 3 is 1.52 bits per heavy atom. The topological polar surface area (TPSA) is 92.5 Å². The van der Waals surface area contributed by atoms with Crippen molar-refractivity contribution < 1.29 is 27.1 Å². The van der Waals surface area contributed by atoms with E-state index in [9.17, 15) is 0 Å². The first-order chi connectivity index (χ1) is 13.9. The molecule has 0 spiro atoms. The van der Waals surface area contributed by atoms with Gasteiger partial charge in [0, 0.05) is 0 Å². The van der Waals surface area contributed by atoms with Gasteiger partial charge in [0.15, 0.2) is 0 Å². The molecule has 0 N–H and O–H groups in total. The zero-order valence-electron chi connectivity index (χ0n) is 18.0. The lowest BCUT2D eigenvalue weighted by molar-refractivity contribution is 0.243. The summed E-state index contributed by atoms with van der Waals surface area (Å²) in [6.07, 6.45) is 0. The summed E-state index contributed by atoms with van der Waals surface area (Å²) in [4.78, 5) is 0. The Morgan fingerprint density at radius 2 is 1.07 bits per heavy atom. The van der Waals surface area contributed by atoms with Gasteiger partial charge in [0.25, 0.3) is 0 Å². The van der Waals surface area contributed by atoms with Gasteiger partial charge in [0.2, 0.25) is 0 Å². The fourth-order valence-corrected chi connectivity index (χ4v) is 12.0. The lowest BCUT2D eigenvalue weighted by Gasteiger charge is -2.32. The van der Waals surface area contributed by atoms with Crippen LogP contribution in [0.2, 0.25) is 0 Å². The molecule has 0 amide bonds. The number of nitrogens with zero attached hydrogens (tertiary/aromatic N) is 3. The van der Waals surface area contributed by atoms with Gasteiger partial charge in [-0.2, -0.15) is 0 Å². The van der Waals surface area contributed by atoms with Crippen molar-refractivity contribution in [3.63, 3.8) is 0 Å². The molecule has 2 rings (SSSR count). The first kappa shape index (κ1) is 24.8.